The summed E-state index contributed by atoms with van der Waals surface area (Å²) in [6.07, 6.45) is -1.89. The highest BCUT2D eigenvalue weighted by Crippen LogP contribution is 2.38. The van der Waals surface area contributed by atoms with Crippen LogP contribution in [0, 0.1) is 0 Å². The molecule has 300 valence electrons. The highest BCUT2D eigenvalue weighted by molar-refractivity contribution is 6.74. The zero-order valence-electron chi connectivity index (χ0n) is 33.2. The van der Waals surface area contributed by atoms with Crippen LogP contribution in [0.5, 0.6) is 11.5 Å². The molecule has 4 atom stereocenters. The summed E-state index contributed by atoms with van der Waals surface area (Å²) in [5.41, 5.74) is 12.7. The molecule has 0 unspecified atom stereocenters. The van der Waals surface area contributed by atoms with Crippen molar-refractivity contribution < 1.29 is 42.6 Å². The lowest BCUT2D eigenvalue weighted by atomic mass is 9.95. The Bertz CT molecular complexity index is 1910. The molecule has 15 nitrogen and oxygen atoms in total. The van der Waals surface area contributed by atoms with Crippen LogP contribution >= 0.6 is 0 Å². The van der Waals surface area contributed by atoms with Crippen molar-refractivity contribution in [3.63, 3.8) is 0 Å². The molecule has 4 bridgehead atoms. The maximum Gasteiger partial charge on any atom is 0.408 e. The fourth-order valence-electron chi connectivity index (χ4n) is 6.05. The number of hydrogen-bond donors (Lipinski definition) is 3. The second-order valence-corrected chi connectivity index (χ2v) is 19.8. The number of esters is 1. The Hall–Kier alpha value is -5.57. The van der Waals surface area contributed by atoms with Crippen molar-refractivity contribution in [1.29, 1.82) is 0 Å². The van der Waals surface area contributed by atoms with Crippen molar-refractivity contribution in [3.8, 4) is 22.6 Å². The second kappa shape index (κ2) is 19.3. The number of rotatable bonds is 12. The molecule has 0 aromatic heterocycles. The maximum absolute atomic E-state index is 14.4. The Labute approximate surface area is 328 Å². The van der Waals surface area contributed by atoms with Crippen LogP contribution in [0.3, 0.4) is 0 Å². The molecule has 1 aliphatic heterocycles. The lowest BCUT2D eigenvalue weighted by Gasteiger charge is -2.39. The number of hydrogen-bond acceptors (Lipinski definition) is 10. The number of benzene rings is 3. The summed E-state index contributed by atoms with van der Waals surface area (Å²) in [4.78, 5) is 58.3. The van der Waals surface area contributed by atoms with Crippen LogP contribution in [-0.4, -0.2) is 84.3 Å². The van der Waals surface area contributed by atoms with Crippen molar-refractivity contribution in [2.75, 3.05) is 27.9 Å². The highest BCUT2D eigenvalue weighted by Gasteiger charge is 2.41. The van der Waals surface area contributed by atoms with Crippen molar-refractivity contribution in [1.82, 2.24) is 16.0 Å². The van der Waals surface area contributed by atoms with E-state index < -0.39 is 56.4 Å². The van der Waals surface area contributed by atoms with Crippen LogP contribution in [0.4, 0.5) is 4.79 Å². The molecule has 56 heavy (non-hydrogen) atoms. The molecule has 0 aliphatic carbocycles. The largest absolute Gasteiger partial charge is 0.496 e. The van der Waals surface area contributed by atoms with Gasteiger partial charge in [-0.1, -0.05) is 68.4 Å². The van der Waals surface area contributed by atoms with Gasteiger partial charge in [-0.05, 0) is 75.7 Å². The zero-order valence-corrected chi connectivity index (χ0v) is 34.2. The molecule has 4 rings (SSSR count). The van der Waals surface area contributed by atoms with Gasteiger partial charge in [0.25, 0.3) is 0 Å². The molecule has 16 heteroatoms. The molecule has 1 heterocycles. The molecule has 0 spiro atoms. The molecule has 3 aromatic rings. The van der Waals surface area contributed by atoms with Gasteiger partial charge in [-0.25, -0.2) is 9.59 Å². The summed E-state index contributed by atoms with van der Waals surface area (Å²) in [5.74, 6) is -1.24. The number of ether oxygens (including phenoxy) is 4. The van der Waals surface area contributed by atoms with E-state index in [1.165, 1.54) is 21.3 Å². The van der Waals surface area contributed by atoms with Crippen LogP contribution in [0.1, 0.15) is 43.9 Å². The van der Waals surface area contributed by atoms with Gasteiger partial charge in [0, 0.05) is 24.2 Å². The van der Waals surface area contributed by atoms with E-state index >= 15 is 0 Å². The van der Waals surface area contributed by atoms with Gasteiger partial charge in [0.05, 0.1) is 34.0 Å². The summed E-state index contributed by atoms with van der Waals surface area (Å²) in [6.45, 7) is 9.98. The first-order valence-corrected chi connectivity index (χ1v) is 21.2. The number of amides is 3. The van der Waals surface area contributed by atoms with E-state index in [1.54, 1.807) is 24.3 Å². The average Bonchev–Trinajstić information content (AvgIpc) is 3.17. The van der Waals surface area contributed by atoms with Crippen molar-refractivity contribution in [2.24, 2.45) is 5.11 Å². The number of nitrogens with one attached hydrogen (secondary N) is 3. The Kier molecular flexibility index (Phi) is 14.9. The molecule has 3 aromatic carbocycles. The molecular weight excluding hydrogens is 737 g/mol. The lowest BCUT2D eigenvalue weighted by Crippen LogP contribution is -2.58. The summed E-state index contributed by atoms with van der Waals surface area (Å²) >= 11 is 0. The monoisotopic (exact) mass is 788 g/mol. The molecule has 0 radical (unpaired) electrons. The standard InChI is InChI=1S/C40H52N6O9Si/c1-40(2,3)56(7,8)55-30(23-42-46-41)22-32-37(48)44-33(38(49)53-6)21-29-19-27(15-17-35(29)52-5)26-14-16-34(51-4)28(18-26)20-31(36(47)43-32)45-39(50)54-24-25-12-10-9-11-13-25/h9-19,30-33H,20-24H2,1-8H3,(H,43,47)(H,44,48)(H,45,50)/t30-,31+,32+,33+/m1/s1. The maximum atomic E-state index is 14.4. The SMILES string of the molecule is COC(=O)[C@@H]1Cc2cc(ccc2OC)-c2ccc(OC)c(c2)C[C@H](NC(=O)OCc2ccccc2)C(=O)N[C@@H](C[C@H](CN=[N+]=[N-])O[Si](C)(C)C(C)(C)C)C(=O)N1. The minimum absolute atomic E-state index is 0.0147. The first-order chi connectivity index (χ1) is 26.6. The van der Waals surface area contributed by atoms with Gasteiger partial charge in [-0.3, -0.25) is 9.59 Å². The van der Waals surface area contributed by atoms with Gasteiger partial charge in [-0.2, -0.15) is 0 Å². The van der Waals surface area contributed by atoms with Crippen LogP contribution in [0.25, 0.3) is 21.6 Å². The summed E-state index contributed by atoms with van der Waals surface area (Å²) in [7, 11) is 1.71. The number of methoxy groups -OCH3 is 3. The fourth-order valence-corrected chi connectivity index (χ4v) is 7.40. The van der Waals surface area contributed by atoms with E-state index in [0.717, 1.165) is 16.7 Å². The van der Waals surface area contributed by atoms with Crippen molar-refractivity contribution in [3.05, 3.63) is 93.9 Å². The van der Waals surface area contributed by atoms with E-state index in [9.17, 15) is 24.7 Å². The Morgan fingerprint density at radius 3 is 2.07 bits per heavy atom. The number of azide groups is 1. The third kappa shape index (κ3) is 11.5. The fraction of sp³-hybridized carbons (Fsp3) is 0.450. The van der Waals surface area contributed by atoms with Gasteiger partial charge >= 0.3 is 12.1 Å². The van der Waals surface area contributed by atoms with E-state index in [1.807, 2.05) is 76.3 Å². The number of nitrogens with zero attached hydrogens (tertiary/aromatic N) is 3. The molecule has 3 amide bonds. The van der Waals surface area contributed by atoms with Crippen LogP contribution < -0.4 is 25.4 Å². The van der Waals surface area contributed by atoms with Gasteiger partial charge in [-0.15, -0.1) is 0 Å². The molecule has 0 fully saturated rings. The zero-order chi connectivity index (χ0) is 41.0. The van der Waals surface area contributed by atoms with E-state index in [-0.39, 0.29) is 37.5 Å². The first-order valence-electron chi connectivity index (χ1n) is 18.3. The minimum atomic E-state index is -2.52. The van der Waals surface area contributed by atoms with Gasteiger partial charge in [0.15, 0.2) is 8.32 Å². The number of fused-ring (bicyclic) bond motifs is 5. The lowest BCUT2D eigenvalue weighted by molar-refractivity contribution is -0.145. The van der Waals surface area contributed by atoms with E-state index in [0.29, 0.717) is 22.6 Å². The third-order valence-electron chi connectivity index (χ3n) is 10.1. The smallest absolute Gasteiger partial charge is 0.408 e. The average molecular weight is 789 g/mol. The highest BCUT2D eigenvalue weighted by atomic mass is 28.4. The number of carbonyl (C=O) groups excluding carboxylic acids is 4. The van der Waals surface area contributed by atoms with Gasteiger partial charge in [0.2, 0.25) is 11.8 Å². The van der Waals surface area contributed by atoms with Crippen molar-refractivity contribution in [2.45, 2.75) is 89.0 Å². The van der Waals surface area contributed by atoms with Crippen LogP contribution in [-0.2, 0) is 47.7 Å². The Morgan fingerprint density at radius 1 is 0.911 bits per heavy atom. The molecule has 1 aliphatic rings. The van der Waals surface area contributed by atoms with E-state index in [2.05, 4.69) is 26.0 Å². The molecule has 0 saturated heterocycles. The van der Waals surface area contributed by atoms with Gasteiger partial charge in [0.1, 0.15) is 36.2 Å². The molecular formula is C40H52N6O9Si. The Balaban J connectivity index is 1.84. The normalized spacial score (nSPS) is 18.0. The predicted octanol–water partition coefficient (Wildman–Crippen LogP) is 6.00. The second-order valence-electron chi connectivity index (χ2n) is 15.0. The topological polar surface area (TPSA) is 199 Å². The summed E-state index contributed by atoms with van der Waals surface area (Å²) in [5, 5.41) is 11.8. The third-order valence-corrected chi connectivity index (χ3v) is 14.6. The number of alkyl carbamates (subject to hydrolysis) is 1. The predicted molar refractivity (Wildman–Crippen MR) is 213 cm³/mol. The van der Waals surface area contributed by atoms with E-state index in [4.69, 9.17) is 23.4 Å². The van der Waals surface area contributed by atoms with Gasteiger partial charge < -0.3 is 39.3 Å². The first kappa shape index (κ1) is 43.2. The number of carbonyl (C=O) groups is 4. The summed E-state index contributed by atoms with van der Waals surface area (Å²) in [6, 6.07) is 16.2. The Morgan fingerprint density at radius 2 is 1.52 bits per heavy atom. The molecule has 0 saturated carbocycles. The van der Waals surface area contributed by atoms with Crippen LogP contribution in [0.15, 0.2) is 71.8 Å². The quantitative estimate of drug-likeness (QED) is 0.0648. The summed E-state index contributed by atoms with van der Waals surface area (Å²) < 4.78 is 28.6. The van der Waals surface area contributed by atoms with Crippen LogP contribution in [0.2, 0.25) is 18.1 Å². The minimum Gasteiger partial charge on any atom is -0.496 e. The van der Waals surface area contributed by atoms with Crippen molar-refractivity contribution >= 4 is 32.2 Å². The molecule has 3 N–H and O–H groups in total.